The second-order valence-corrected chi connectivity index (χ2v) is 8.33. The van der Waals surface area contributed by atoms with Gasteiger partial charge in [0.2, 0.25) is 5.95 Å². The van der Waals surface area contributed by atoms with Crippen molar-refractivity contribution in [2.75, 3.05) is 0 Å². The third-order valence-corrected chi connectivity index (χ3v) is 5.17. The molecule has 1 aromatic rings. The van der Waals surface area contributed by atoms with Gasteiger partial charge in [-0.2, -0.15) is 4.39 Å². The molecule has 0 spiro atoms. The summed E-state index contributed by atoms with van der Waals surface area (Å²) in [5.74, 6) is -0.545. The van der Waals surface area contributed by atoms with Crippen molar-refractivity contribution < 1.29 is 19.0 Å². The Morgan fingerprint density at radius 2 is 1.92 bits per heavy atom. The summed E-state index contributed by atoms with van der Waals surface area (Å²) in [4.78, 5) is 18.3. The number of amides is 1. The zero-order valence-electron chi connectivity index (χ0n) is 15.4. The van der Waals surface area contributed by atoms with E-state index in [1.54, 1.807) is 13.0 Å². The standard InChI is InChI=1S/C19H27FN2O3/c1-12-15(8-9-16(20)21-12)19(24)10-13-6-5-7-14(11-19)22(13)17(23)25-18(2,3)4/h8-9,13-14,24H,5-7,10-11H2,1-4H3. The SMILES string of the molecule is Cc1nc(F)ccc1C1(O)CC2CCCC(C1)N2C(=O)OC(C)(C)C. The molecule has 0 aromatic carbocycles. The Kier molecular flexibility index (Phi) is 4.52. The molecule has 1 aromatic heterocycles. The van der Waals surface area contributed by atoms with Crippen molar-refractivity contribution in [3.63, 3.8) is 0 Å². The molecule has 1 N–H and O–H groups in total. The number of hydrogen-bond donors (Lipinski definition) is 1. The minimum absolute atomic E-state index is 0.0724. The van der Waals surface area contributed by atoms with Gasteiger partial charge in [-0.3, -0.25) is 0 Å². The Labute approximate surface area is 148 Å². The van der Waals surface area contributed by atoms with Crippen LogP contribution in [0.2, 0.25) is 0 Å². The molecule has 6 heteroatoms. The summed E-state index contributed by atoms with van der Waals surface area (Å²) in [6, 6.07) is 2.76. The minimum atomic E-state index is -1.08. The van der Waals surface area contributed by atoms with Gasteiger partial charge in [-0.1, -0.05) is 0 Å². The van der Waals surface area contributed by atoms with Gasteiger partial charge < -0.3 is 14.7 Å². The summed E-state index contributed by atoms with van der Waals surface area (Å²) >= 11 is 0. The molecular formula is C19H27FN2O3. The first kappa shape index (κ1) is 18.1. The first-order chi connectivity index (χ1) is 11.6. The van der Waals surface area contributed by atoms with Gasteiger partial charge in [0.1, 0.15) is 5.60 Å². The average Bonchev–Trinajstić information content (AvgIpc) is 2.43. The number of carbonyl (C=O) groups excluding carboxylic acids is 1. The number of pyridine rings is 1. The fourth-order valence-corrected chi connectivity index (χ4v) is 4.28. The number of aliphatic hydroxyl groups is 1. The van der Waals surface area contributed by atoms with Gasteiger partial charge in [0.15, 0.2) is 0 Å². The molecule has 1 amide bonds. The minimum Gasteiger partial charge on any atom is -0.444 e. The van der Waals surface area contributed by atoms with E-state index in [2.05, 4.69) is 4.98 Å². The fraction of sp³-hybridized carbons (Fsp3) is 0.684. The van der Waals surface area contributed by atoms with Crippen LogP contribution in [0.3, 0.4) is 0 Å². The van der Waals surface area contributed by atoms with Crippen molar-refractivity contribution in [3.8, 4) is 0 Å². The lowest BCUT2D eigenvalue weighted by atomic mass is 9.72. The Morgan fingerprint density at radius 3 is 2.44 bits per heavy atom. The number of rotatable bonds is 1. The van der Waals surface area contributed by atoms with Crippen molar-refractivity contribution >= 4 is 6.09 Å². The van der Waals surface area contributed by atoms with E-state index in [4.69, 9.17) is 4.74 Å². The van der Waals surface area contributed by atoms with Gasteiger partial charge in [0.25, 0.3) is 0 Å². The average molecular weight is 350 g/mol. The van der Waals surface area contributed by atoms with Crippen LogP contribution in [0.1, 0.15) is 64.1 Å². The van der Waals surface area contributed by atoms with Crippen molar-refractivity contribution in [1.29, 1.82) is 0 Å². The van der Waals surface area contributed by atoms with Gasteiger partial charge >= 0.3 is 6.09 Å². The molecule has 2 unspecified atom stereocenters. The molecule has 0 radical (unpaired) electrons. The van der Waals surface area contributed by atoms with E-state index in [1.807, 2.05) is 25.7 Å². The van der Waals surface area contributed by atoms with Crippen molar-refractivity contribution in [1.82, 2.24) is 9.88 Å². The summed E-state index contributed by atoms with van der Waals surface area (Å²) in [6.07, 6.45) is 3.26. The first-order valence-electron chi connectivity index (χ1n) is 8.96. The molecule has 0 saturated carbocycles. The molecule has 2 bridgehead atoms. The zero-order chi connectivity index (χ0) is 18.4. The molecule has 5 nitrogen and oxygen atoms in total. The van der Waals surface area contributed by atoms with E-state index in [0.29, 0.717) is 24.1 Å². The number of hydrogen-bond acceptors (Lipinski definition) is 4. The molecule has 2 atom stereocenters. The fourth-order valence-electron chi connectivity index (χ4n) is 4.28. The van der Waals surface area contributed by atoms with Crippen LogP contribution in [0.4, 0.5) is 9.18 Å². The molecule has 2 aliphatic heterocycles. The van der Waals surface area contributed by atoms with Gasteiger partial charge in [0, 0.05) is 36.2 Å². The highest BCUT2D eigenvalue weighted by Crippen LogP contribution is 2.45. The van der Waals surface area contributed by atoms with Crippen LogP contribution < -0.4 is 0 Å². The maximum atomic E-state index is 13.3. The molecule has 138 valence electrons. The highest BCUT2D eigenvalue weighted by atomic mass is 19.1. The predicted octanol–water partition coefficient (Wildman–Crippen LogP) is 3.67. The number of nitrogens with zero attached hydrogens (tertiary/aromatic N) is 2. The van der Waals surface area contributed by atoms with E-state index in [1.165, 1.54) is 6.07 Å². The number of carbonyl (C=O) groups is 1. The van der Waals surface area contributed by atoms with Crippen LogP contribution in [-0.4, -0.2) is 38.8 Å². The summed E-state index contributed by atoms with van der Waals surface area (Å²) in [7, 11) is 0. The highest BCUT2D eigenvalue weighted by molar-refractivity contribution is 5.69. The molecule has 2 aliphatic rings. The van der Waals surface area contributed by atoms with E-state index in [9.17, 15) is 14.3 Å². The summed E-state index contributed by atoms with van der Waals surface area (Å²) in [5, 5.41) is 11.3. The third kappa shape index (κ3) is 3.64. The van der Waals surface area contributed by atoms with Crippen LogP contribution in [-0.2, 0) is 10.3 Å². The van der Waals surface area contributed by atoms with E-state index in [0.717, 1.165) is 19.3 Å². The molecule has 3 heterocycles. The number of aromatic nitrogens is 1. The van der Waals surface area contributed by atoms with Crippen LogP contribution in [0.25, 0.3) is 0 Å². The largest absolute Gasteiger partial charge is 0.444 e. The molecule has 0 aliphatic carbocycles. The highest BCUT2D eigenvalue weighted by Gasteiger charge is 2.49. The van der Waals surface area contributed by atoms with Crippen molar-refractivity contribution in [3.05, 3.63) is 29.3 Å². The van der Waals surface area contributed by atoms with Crippen LogP contribution in [0.5, 0.6) is 0 Å². The van der Waals surface area contributed by atoms with E-state index < -0.39 is 17.1 Å². The number of ether oxygens (including phenoxy) is 1. The lowest BCUT2D eigenvalue weighted by Crippen LogP contribution is -2.59. The summed E-state index contributed by atoms with van der Waals surface area (Å²) < 4.78 is 18.9. The van der Waals surface area contributed by atoms with E-state index in [-0.39, 0.29) is 18.2 Å². The lowest BCUT2D eigenvalue weighted by molar-refractivity contribution is -0.0969. The molecule has 25 heavy (non-hydrogen) atoms. The van der Waals surface area contributed by atoms with Crippen LogP contribution >= 0.6 is 0 Å². The predicted molar refractivity (Wildman–Crippen MR) is 91.6 cm³/mol. The van der Waals surface area contributed by atoms with Gasteiger partial charge in [-0.25, -0.2) is 9.78 Å². The maximum Gasteiger partial charge on any atom is 0.410 e. The maximum absolute atomic E-state index is 13.3. The van der Waals surface area contributed by atoms with Crippen LogP contribution in [0.15, 0.2) is 12.1 Å². The molecule has 2 fully saturated rings. The first-order valence-corrected chi connectivity index (χ1v) is 8.96. The second kappa shape index (κ2) is 6.24. The summed E-state index contributed by atoms with van der Waals surface area (Å²) in [6.45, 7) is 7.28. The normalized spacial score (nSPS) is 29.4. The zero-order valence-corrected chi connectivity index (χ0v) is 15.4. The van der Waals surface area contributed by atoms with Crippen molar-refractivity contribution in [2.24, 2.45) is 0 Å². The van der Waals surface area contributed by atoms with Crippen molar-refractivity contribution in [2.45, 2.75) is 83.1 Å². The van der Waals surface area contributed by atoms with Gasteiger partial charge in [-0.05, 0) is 59.1 Å². The number of halogens is 1. The van der Waals surface area contributed by atoms with E-state index >= 15 is 0 Å². The molecule has 2 saturated heterocycles. The summed E-state index contributed by atoms with van der Waals surface area (Å²) in [5.41, 5.74) is -0.462. The second-order valence-electron chi connectivity index (χ2n) is 8.33. The van der Waals surface area contributed by atoms with Crippen LogP contribution in [0, 0.1) is 12.9 Å². The lowest BCUT2D eigenvalue weighted by Gasteiger charge is -2.52. The molecular weight excluding hydrogens is 323 g/mol. The topological polar surface area (TPSA) is 62.7 Å². The number of fused-ring (bicyclic) bond motifs is 2. The molecule has 3 rings (SSSR count). The smallest absolute Gasteiger partial charge is 0.410 e. The quantitative estimate of drug-likeness (QED) is 0.785. The third-order valence-electron chi connectivity index (χ3n) is 5.17. The van der Waals surface area contributed by atoms with Gasteiger partial charge in [0.05, 0.1) is 5.60 Å². The Balaban J connectivity index is 1.87. The Bertz CT molecular complexity index is 657. The van der Waals surface area contributed by atoms with Gasteiger partial charge in [-0.15, -0.1) is 0 Å². The Hall–Kier alpha value is -1.69. The number of aryl methyl sites for hydroxylation is 1. The monoisotopic (exact) mass is 350 g/mol. The number of piperidine rings is 2. The Morgan fingerprint density at radius 1 is 1.32 bits per heavy atom.